The number of amides is 2. The number of nitrogens with zero attached hydrogens (tertiary/aromatic N) is 1. The number of hydrogen-bond donors (Lipinski definition) is 0. The maximum Gasteiger partial charge on any atom is 0.237 e. The lowest BCUT2D eigenvalue weighted by Crippen LogP contribution is -2.30. The van der Waals surface area contributed by atoms with Crippen molar-refractivity contribution in [1.29, 1.82) is 0 Å². The largest absolute Gasteiger partial charge is 0.494 e. The summed E-state index contributed by atoms with van der Waals surface area (Å²) in [6.07, 6.45) is 2.50. The van der Waals surface area contributed by atoms with E-state index in [2.05, 4.69) is 12.1 Å². The minimum atomic E-state index is -0.201. The molecule has 4 heteroatoms. The maximum atomic E-state index is 13.0. The van der Waals surface area contributed by atoms with Crippen LogP contribution in [-0.2, 0) is 9.59 Å². The number of hydrogen-bond acceptors (Lipinski definition) is 3. The molecule has 2 aromatic carbocycles. The van der Waals surface area contributed by atoms with Gasteiger partial charge in [0.15, 0.2) is 0 Å². The lowest BCUT2D eigenvalue weighted by molar-refractivity contribution is -0.122. The lowest BCUT2D eigenvalue weighted by atomic mass is 9.73. The molecule has 1 aliphatic carbocycles. The van der Waals surface area contributed by atoms with E-state index in [1.54, 1.807) is 12.1 Å². The number of benzene rings is 2. The maximum absolute atomic E-state index is 13.0. The molecule has 4 rings (SSSR count). The molecule has 4 nitrogen and oxygen atoms in total. The zero-order chi connectivity index (χ0) is 18.1. The quantitative estimate of drug-likeness (QED) is 0.779. The summed E-state index contributed by atoms with van der Waals surface area (Å²) in [7, 11) is 0. The minimum absolute atomic E-state index is 0.0457. The molecule has 2 fully saturated rings. The van der Waals surface area contributed by atoms with Gasteiger partial charge in [0.05, 0.1) is 24.1 Å². The normalized spacial score (nSPS) is 25.3. The molecular weight excluding hydrogens is 326 g/mol. The first-order chi connectivity index (χ1) is 12.7. The van der Waals surface area contributed by atoms with Gasteiger partial charge >= 0.3 is 0 Å². The van der Waals surface area contributed by atoms with Crippen LogP contribution in [-0.4, -0.2) is 18.4 Å². The Hall–Kier alpha value is -2.62. The molecule has 26 heavy (non-hydrogen) atoms. The highest BCUT2D eigenvalue weighted by Crippen LogP contribution is 2.45. The van der Waals surface area contributed by atoms with E-state index >= 15 is 0 Å². The summed E-state index contributed by atoms with van der Waals surface area (Å²) < 4.78 is 5.45. The van der Waals surface area contributed by atoms with Gasteiger partial charge in [-0.3, -0.25) is 14.5 Å². The van der Waals surface area contributed by atoms with Crippen LogP contribution in [0.25, 0.3) is 0 Å². The smallest absolute Gasteiger partial charge is 0.237 e. The van der Waals surface area contributed by atoms with Gasteiger partial charge in [-0.1, -0.05) is 30.3 Å². The molecule has 3 atom stereocenters. The summed E-state index contributed by atoms with van der Waals surface area (Å²) >= 11 is 0. The monoisotopic (exact) mass is 349 g/mol. The van der Waals surface area contributed by atoms with Crippen LogP contribution in [0.4, 0.5) is 5.69 Å². The van der Waals surface area contributed by atoms with Crippen molar-refractivity contribution in [2.45, 2.75) is 32.1 Å². The van der Waals surface area contributed by atoms with Gasteiger partial charge in [-0.15, -0.1) is 0 Å². The van der Waals surface area contributed by atoms with Gasteiger partial charge in [0.2, 0.25) is 11.8 Å². The first kappa shape index (κ1) is 16.8. The molecule has 0 bridgehead atoms. The molecule has 0 aromatic heterocycles. The predicted molar refractivity (Wildman–Crippen MR) is 100 cm³/mol. The van der Waals surface area contributed by atoms with Crippen LogP contribution in [0.15, 0.2) is 54.6 Å². The Morgan fingerprint density at radius 2 is 1.62 bits per heavy atom. The van der Waals surface area contributed by atoms with Crippen molar-refractivity contribution < 1.29 is 14.3 Å². The van der Waals surface area contributed by atoms with Crippen LogP contribution < -0.4 is 9.64 Å². The highest BCUT2D eigenvalue weighted by Gasteiger charge is 2.50. The third-order valence-corrected chi connectivity index (χ3v) is 5.60. The van der Waals surface area contributed by atoms with Gasteiger partial charge in [-0.2, -0.15) is 0 Å². The van der Waals surface area contributed by atoms with E-state index in [1.165, 1.54) is 10.5 Å². The van der Waals surface area contributed by atoms with E-state index in [4.69, 9.17) is 4.74 Å². The molecule has 1 saturated heterocycles. The molecule has 2 amide bonds. The summed E-state index contributed by atoms with van der Waals surface area (Å²) in [6.45, 7) is 2.52. The van der Waals surface area contributed by atoms with Crippen molar-refractivity contribution in [3.8, 4) is 5.75 Å². The van der Waals surface area contributed by atoms with Crippen molar-refractivity contribution in [3.63, 3.8) is 0 Å². The lowest BCUT2D eigenvalue weighted by Gasteiger charge is -2.28. The van der Waals surface area contributed by atoms with Gasteiger partial charge in [-0.25, -0.2) is 0 Å². The van der Waals surface area contributed by atoms with Crippen molar-refractivity contribution in [1.82, 2.24) is 0 Å². The van der Waals surface area contributed by atoms with E-state index in [0.29, 0.717) is 18.2 Å². The first-order valence-electron chi connectivity index (χ1n) is 9.34. The molecular formula is C22H23NO3. The molecule has 3 unspecified atom stereocenters. The Kier molecular flexibility index (Phi) is 4.49. The van der Waals surface area contributed by atoms with Gasteiger partial charge < -0.3 is 4.74 Å². The van der Waals surface area contributed by atoms with Crippen molar-refractivity contribution in [2.24, 2.45) is 11.8 Å². The number of imide groups is 1. The Bertz CT molecular complexity index is 800. The Labute approximate surface area is 153 Å². The summed E-state index contributed by atoms with van der Waals surface area (Å²) in [5.74, 6) is 0.633. The number of fused-ring (bicyclic) bond motifs is 1. The number of ether oxygens (including phenoxy) is 1. The number of carbonyl (C=O) groups excluding carboxylic acids is 2. The van der Waals surface area contributed by atoms with Gasteiger partial charge in [0, 0.05) is 0 Å². The molecule has 0 radical (unpaired) electrons. The second kappa shape index (κ2) is 6.94. The van der Waals surface area contributed by atoms with E-state index in [1.807, 2.05) is 37.3 Å². The average molecular weight is 349 g/mol. The third kappa shape index (κ3) is 2.90. The van der Waals surface area contributed by atoms with E-state index in [-0.39, 0.29) is 23.7 Å². The summed E-state index contributed by atoms with van der Waals surface area (Å²) in [6, 6.07) is 17.5. The molecule has 0 N–H and O–H groups in total. The fraction of sp³-hybridized carbons (Fsp3) is 0.364. The van der Waals surface area contributed by atoms with Gasteiger partial charge in [0.25, 0.3) is 0 Å². The first-order valence-corrected chi connectivity index (χ1v) is 9.34. The number of rotatable bonds is 4. The Morgan fingerprint density at radius 3 is 2.31 bits per heavy atom. The molecule has 134 valence electrons. The van der Waals surface area contributed by atoms with Crippen LogP contribution in [0.2, 0.25) is 0 Å². The van der Waals surface area contributed by atoms with Crippen LogP contribution in [0.3, 0.4) is 0 Å². The predicted octanol–water partition coefficient (Wildman–Crippen LogP) is 4.16. The average Bonchev–Trinajstić information content (AvgIpc) is 2.94. The van der Waals surface area contributed by atoms with Crippen LogP contribution in [0.5, 0.6) is 5.75 Å². The third-order valence-electron chi connectivity index (χ3n) is 5.60. The molecule has 1 saturated carbocycles. The second-order valence-electron chi connectivity index (χ2n) is 7.07. The topological polar surface area (TPSA) is 46.6 Å². The fourth-order valence-corrected chi connectivity index (χ4v) is 4.32. The van der Waals surface area contributed by atoms with Crippen LogP contribution in [0, 0.1) is 11.8 Å². The number of anilines is 1. The van der Waals surface area contributed by atoms with Crippen molar-refractivity contribution in [3.05, 3.63) is 60.2 Å². The zero-order valence-electron chi connectivity index (χ0n) is 14.9. The molecule has 2 aliphatic rings. The fourth-order valence-electron chi connectivity index (χ4n) is 4.32. The van der Waals surface area contributed by atoms with E-state index in [0.717, 1.165) is 25.0 Å². The van der Waals surface area contributed by atoms with E-state index < -0.39 is 0 Å². The minimum Gasteiger partial charge on any atom is -0.494 e. The standard InChI is InChI=1S/C22H23NO3/c1-2-26-18-11-9-17(10-12-18)23-21(24)19-13-8-16(14-20(19)22(23)25)15-6-4-3-5-7-15/h3-7,9-12,16,19-20H,2,8,13-14H2,1H3. The summed E-state index contributed by atoms with van der Waals surface area (Å²) in [4.78, 5) is 27.3. The van der Waals surface area contributed by atoms with E-state index in [9.17, 15) is 9.59 Å². The summed E-state index contributed by atoms with van der Waals surface area (Å²) in [5.41, 5.74) is 1.92. The highest BCUT2D eigenvalue weighted by atomic mass is 16.5. The van der Waals surface area contributed by atoms with Gasteiger partial charge in [-0.05, 0) is 61.9 Å². The summed E-state index contributed by atoms with van der Waals surface area (Å²) in [5, 5.41) is 0. The molecule has 1 heterocycles. The van der Waals surface area contributed by atoms with Crippen LogP contribution in [0.1, 0.15) is 37.7 Å². The highest BCUT2D eigenvalue weighted by molar-refractivity contribution is 6.22. The van der Waals surface area contributed by atoms with Gasteiger partial charge in [0.1, 0.15) is 5.75 Å². The van der Waals surface area contributed by atoms with Crippen molar-refractivity contribution in [2.75, 3.05) is 11.5 Å². The Balaban J connectivity index is 1.55. The number of carbonyl (C=O) groups is 2. The Morgan fingerprint density at radius 1 is 0.923 bits per heavy atom. The molecule has 2 aromatic rings. The SMILES string of the molecule is CCOc1ccc(N2C(=O)C3CCC(c4ccccc4)CC3C2=O)cc1. The zero-order valence-corrected chi connectivity index (χ0v) is 14.9. The molecule has 1 aliphatic heterocycles. The van der Waals surface area contributed by atoms with Crippen molar-refractivity contribution >= 4 is 17.5 Å². The second-order valence-corrected chi connectivity index (χ2v) is 7.07. The van der Waals surface area contributed by atoms with Crippen LogP contribution >= 0.6 is 0 Å². The molecule has 0 spiro atoms.